The largest absolute Gasteiger partial charge is 0.481 e. The van der Waals surface area contributed by atoms with Crippen molar-refractivity contribution in [1.29, 1.82) is 0 Å². The summed E-state index contributed by atoms with van der Waals surface area (Å²) in [5.74, 6) is -7.63. The smallest absolute Gasteiger partial charge is 0.322 e. The van der Waals surface area contributed by atoms with Crippen LogP contribution in [0.3, 0.4) is 0 Å². The Morgan fingerprint density at radius 2 is 1.03 bits per heavy atom. The average Bonchev–Trinajstić information content (AvgIpc) is 2.57. The number of carboxylic acids is 6. The Morgan fingerprint density at radius 1 is 0.621 bits per heavy atom. The molecule has 0 amide bonds. The Labute approximate surface area is 163 Å². The summed E-state index contributed by atoms with van der Waals surface area (Å²) in [5, 5.41) is 50.6. The molecule has 3 atom stereocenters. The van der Waals surface area contributed by atoms with Crippen LogP contribution in [0.15, 0.2) is 0 Å². The molecular formula is C14H23N3O12. The topological polar surface area (TPSA) is 274 Å². The van der Waals surface area contributed by atoms with Crippen molar-refractivity contribution in [3.05, 3.63) is 0 Å². The first-order valence-electron chi connectivity index (χ1n) is 7.88. The van der Waals surface area contributed by atoms with Crippen molar-refractivity contribution in [3.63, 3.8) is 0 Å². The Balaban J connectivity index is 0. The highest BCUT2D eigenvalue weighted by Crippen LogP contribution is 1.98. The summed E-state index contributed by atoms with van der Waals surface area (Å²) in [6, 6.07) is -3.92. The van der Waals surface area contributed by atoms with Crippen molar-refractivity contribution in [2.24, 2.45) is 5.73 Å². The van der Waals surface area contributed by atoms with E-state index in [0.717, 1.165) is 0 Å². The van der Waals surface area contributed by atoms with Crippen LogP contribution >= 0.6 is 0 Å². The van der Waals surface area contributed by atoms with Crippen molar-refractivity contribution < 1.29 is 59.4 Å². The van der Waals surface area contributed by atoms with Crippen LogP contribution in [0.25, 0.3) is 0 Å². The number of nitrogens with one attached hydrogen (secondary N) is 2. The lowest BCUT2D eigenvalue weighted by Crippen LogP contribution is -2.53. The number of hydrogen-bond acceptors (Lipinski definition) is 9. The lowest BCUT2D eigenvalue weighted by molar-refractivity contribution is -0.147. The standard InChI is InChI=1S/C9H14N2O8.C5H9NO4/c12-6(13)2-1-4(8(16)17)10-11-5(9(18)19)3-7(14)15;6-3(5(9)10)1-2-4(7)8/h4-5,10-11H,1-3H2,(H,12,13)(H,14,15)(H,16,17)(H,18,19);3H,1-2,6H2,(H,7,8)(H,9,10)/t4-,5-;3-/m00/s1. The summed E-state index contributed by atoms with van der Waals surface area (Å²) in [6.45, 7) is 0. The summed E-state index contributed by atoms with van der Waals surface area (Å²) >= 11 is 0. The second-order valence-corrected chi connectivity index (χ2v) is 5.48. The molecule has 0 bridgehead atoms. The molecule has 0 saturated heterocycles. The molecule has 0 heterocycles. The van der Waals surface area contributed by atoms with E-state index in [4.69, 9.17) is 36.4 Å². The molecule has 0 aromatic rings. The molecule has 29 heavy (non-hydrogen) atoms. The fourth-order valence-electron chi connectivity index (χ4n) is 1.50. The zero-order chi connectivity index (χ0) is 23.1. The van der Waals surface area contributed by atoms with Gasteiger partial charge in [-0.05, 0) is 12.8 Å². The van der Waals surface area contributed by atoms with Gasteiger partial charge in [0.1, 0.15) is 18.1 Å². The highest BCUT2D eigenvalue weighted by Gasteiger charge is 2.24. The number of nitrogens with two attached hydrogens (primary N) is 1. The van der Waals surface area contributed by atoms with E-state index in [2.05, 4.69) is 10.9 Å². The van der Waals surface area contributed by atoms with Gasteiger partial charge in [-0.2, -0.15) is 0 Å². The second-order valence-electron chi connectivity index (χ2n) is 5.48. The lowest BCUT2D eigenvalue weighted by Gasteiger charge is -2.18. The Kier molecular flexibility index (Phi) is 14.2. The number of hydrazine groups is 1. The summed E-state index contributed by atoms with van der Waals surface area (Å²) in [4.78, 5) is 62.0. The number of aliphatic carboxylic acids is 6. The third kappa shape index (κ3) is 16.6. The molecule has 10 N–H and O–H groups in total. The quantitative estimate of drug-likeness (QED) is 0.131. The Bertz CT molecular complexity index is 609. The van der Waals surface area contributed by atoms with Gasteiger partial charge >= 0.3 is 35.8 Å². The number of rotatable bonds is 14. The molecule has 0 aliphatic carbocycles. The fraction of sp³-hybridized carbons (Fsp3) is 0.571. The van der Waals surface area contributed by atoms with Crippen LogP contribution in [-0.2, 0) is 28.8 Å². The van der Waals surface area contributed by atoms with Crippen molar-refractivity contribution in [1.82, 2.24) is 10.9 Å². The molecule has 0 aliphatic rings. The minimum atomic E-state index is -1.52. The first-order valence-corrected chi connectivity index (χ1v) is 7.88. The van der Waals surface area contributed by atoms with Crippen LogP contribution in [0.5, 0.6) is 0 Å². The highest BCUT2D eigenvalue weighted by atomic mass is 16.4. The summed E-state index contributed by atoms with van der Waals surface area (Å²) in [6.07, 6.45) is -1.69. The molecule has 166 valence electrons. The van der Waals surface area contributed by atoms with Gasteiger partial charge in [-0.25, -0.2) is 10.9 Å². The van der Waals surface area contributed by atoms with E-state index in [1.54, 1.807) is 0 Å². The van der Waals surface area contributed by atoms with Crippen LogP contribution in [0.2, 0.25) is 0 Å². The van der Waals surface area contributed by atoms with Gasteiger partial charge < -0.3 is 36.4 Å². The van der Waals surface area contributed by atoms with E-state index < -0.39 is 66.8 Å². The van der Waals surface area contributed by atoms with Gasteiger partial charge in [0.15, 0.2) is 0 Å². The maximum Gasteiger partial charge on any atom is 0.322 e. The average molecular weight is 425 g/mol. The van der Waals surface area contributed by atoms with E-state index in [0.29, 0.717) is 0 Å². The Hall–Kier alpha value is -3.30. The first-order chi connectivity index (χ1) is 13.3. The molecule has 0 aromatic heterocycles. The maximum absolute atomic E-state index is 10.8. The molecule has 0 unspecified atom stereocenters. The highest BCUT2D eigenvalue weighted by molar-refractivity contribution is 5.80. The number of carboxylic acid groups (broad SMARTS) is 6. The van der Waals surface area contributed by atoms with Gasteiger partial charge in [0.25, 0.3) is 0 Å². The van der Waals surface area contributed by atoms with E-state index in [1.807, 2.05) is 0 Å². The minimum Gasteiger partial charge on any atom is -0.481 e. The first kappa shape index (κ1) is 27.9. The molecule has 0 aliphatic heterocycles. The Morgan fingerprint density at radius 3 is 1.38 bits per heavy atom. The van der Waals surface area contributed by atoms with Gasteiger partial charge in [0.2, 0.25) is 0 Å². The van der Waals surface area contributed by atoms with Crippen molar-refractivity contribution >= 4 is 35.8 Å². The SMILES string of the molecule is N[C@@H](CCC(=O)O)C(=O)O.O=C(O)CC[C@H](NN[C@@H](CC(=O)O)C(=O)O)C(=O)O. The molecule has 15 nitrogen and oxygen atoms in total. The third-order valence-electron chi connectivity index (χ3n) is 3.04. The molecule has 0 saturated carbocycles. The predicted molar refractivity (Wildman–Crippen MR) is 90.7 cm³/mol. The maximum atomic E-state index is 10.8. The number of hydrogen-bond donors (Lipinski definition) is 9. The summed E-state index contributed by atoms with van der Waals surface area (Å²) in [7, 11) is 0. The fourth-order valence-corrected chi connectivity index (χ4v) is 1.50. The van der Waals surface area contributed by atoms with Crippen LogP contribution in [0.4, 0.5) is 0 Å². The van der Waals surface area contributed by atoms with Crippen molar-refractivity contribution in [3.8, 4) is 0 Å². The van der Waals surface area contributed by atoms with Gasteiger partial charge in [-0.15, -0.1) is 0 Å². The van der Waals surface area contributed by atoms with Crippen LogP contribution < -0.4 is 16.6 Å². The number of carbonyl (C=O) groups is 6. The van der Waals surface area contributed by atoms with Gasteiger partial charge in [0, 0.05) is 12.8 Å². The minimum absolute atomic E-state index is 0.0231. The van der Waals surface area contributed by atoms with Gasteiger partial charge in [-0.1, -0.05) is 0 Å². The van der Waals surface area contributed by atoms with Crippen molar-refractivity contribution in [2.75, 3.05) is 0 Å². The van der Waals surface area contributed by atoms with Gasteiger partial charge in [0.05, 0.1) is 6.42 Å². The molecular weight excluding hydrogens is 402 g/mol. The zero-order valence-electron chi connectivity index (χ0n) is 15.0. The monoisotopic (exact) mass is 425 g/mol. The zero-order valence-corrected chi connectivity index (χ0v) is 15.0. The molecule has 0 fully saturated rings. The summed E-state index contributed by atoms with van der Waals surface area (Å²) in [5.41, 5.74) is 9.16. The molecule has 0 aromatic carbocycles. The molecule has 0 rings (SSSR count). The van der Waals surface area contributed by atoms with Crippen LogP contribution in [0.1, 0.15) is 32.1 Å². The van der Waals surface area contributed by atoms with E-state index in [9.17, 15) is 28.8 Å². The normalized spacial score (nSPS) is 13.1. The lowest BCUT2D eigenvalue weighted by atomic mass is 10.1. The molecule has 0 spiro atoms. The van der Waals surface area contributed by atoms with Crippen LogP contribution in [-0.4, -0.2) is 84.6 Å². The van der Waals surface area contributed by atoms with Crippen molar-refractivity contribution in [2.45, 2.75) is 50.2 Å². The molecule has 15 heteroatoms. The van der Waals surface area contributed by atoms with Crippen LogP contribution in [0, 0.1) is 0 Å². The second kappa shape index (κ2) is 14.7. The van der Waals surface area contributed by atoms with E-state index in [-0.39, 0.29) is 19.3 Å². The summed E-state index contributed by atoms with van der Waals surface area (Å²) < 4.78 is 0. The van der Waals surface area contributed by atoms with E-state index >= 15 is 0 Å². The van der Waals surface area contributed by atoms with E-state index in [1.165, 1.54) is 0 Å². The van der Waals surface area contributed by atoms with Gasteiger partial charge in [-0.3, -0.25) is 28.8 Å². The molecule has 0 radical (unpaired) electrons. The predicted octanol–water partition coefficient (Wildman–Crippen LogP) is -2.41. The third-order valence-corrected chi connectivity index (χ3v) is 3.04.